The van der Waals surface area contributed by atoms with Gasteiger partial charge in [0.1, 0.15) is 10.7 Å². The predicted octanol–water partition coefficient (Wildman–Crippen LogP) is 4.33. The Hall–Kier alpha value is -2.83. The van der Waals surface area contributed by atoms with Crippen LogP contribution >= 0.6 is 23.2 Å². The SMILES string of the molecule is Cc1ccc(Cn2nc(C)c(C(=O)OCC(=O)NCc3ccccc3Cl)c2Cl)cc1. The molecule has 0 radical (unpaired) electrons. The van der Waals surface area contributed by atoms with E-state index >= 15 is 0 Å². The molecule has 0 unspecified atom stereocenters. The van der Waals surface area contributed by atoms with E-state index in [9.17, 15) is 9.59 Å². The van der Waals surface area contributed by atoms with Gasteiger partial charge in [-0.3, -0.25) is 4.79 Å². The van der Waals surface area contributed by atoms with Crippen LogP contribution in [-0.4, -0.2) is 28.3 Å². The monoisotopic (exact) mass is 445 g/mol. The minimum atomic E-state index is -0.694. The van der Waals surface area contributed by atoms with Gasteiger partial charge in [0.2, 0.25) is 0 Å². The lowest BCUT2D eigenvalue weighted by Crippen LogP contribution is -2.28. The first-order chi connectivity index (χ1) is 14.3. The number of aromatic nitrogens is 2. The van der Waals surface area contributed by atoms with Crippen molar-refractivity contribution in [2.75, 3.05) is 6.61 Å². The number of benzene rings is 2. The van der Waals surface area contributed by atoms with E-state index < -0.39 is 18.5 Å². The van der Waals surface area contributed by atoms with Gasteiger partial charge in [0.15, 0.2) is 6.61 Å². The van der Waals surface area contributed by atoms with Crippen LogP contribution in [0, 0.1) is 13.8 Å². The predicted molar refractivity (Wildman–Crippen MR) is 116 cm³/mol. The number of nitrogens with one attached hydrogen (secondary N) is 1. The number of esters is 1. The van der Waals surface area contributed by atoms with Crippen molar-refractivity contribution in [1.29, 1.82) is 0 Å². The molecule has 2 aromatic carbocycles. The van der Waals surface area contributed by atoms with Crippen molar-refractivity contribution < 1.29 is 14.3 Å². The van der Waals surface area contributed by atoms with E-state index in [1.165, 1.54) is 4.68 Å². The second-order valence-electron chi connectivity index (χ2n) is 6.84. The molecule has 0 atom stereocenters. The van der Waals surface area contributed by atoms with Crippen molar-refractivity contribution in [1.82, 2.24) is 15.1 Å². The quantitative estimate of drug-likeness (QED) is 0.549. The van der Waals surface area contributed by atoms with Gasteiger partial charge in [0.25, 0.3) is 5.91 Å². The van der Waals surface area contributed by atoms with Crippen LogP contribution in [0.3, 0.4) is 0 Å². The number of carbonyl (C=O) groups is 2. The van der Waals surface area contributed by atoms with E-state index in [0.717, 1.165) is 16.7 Å². The summed E-state index contributed by atoms with van der Waals surface area (Å²) < 4.78 is 6.67. The molecular weight excluding hydrogens is 425 g/mol. The molecule has 0 aliphatic heterocycles. The zero-order chi connectivity index (χ0) is 21.7. The van der Waals surface area contributed by atoms with E-state index in [2.05, 4.69) is 10.4 Å². The minimum Gasteiger partial charge on any atom is -0.452 e. The Kier molecular flexibility index (Phi) is 7.13. The van der Waals surface area contributed by atoms with Crippen molar-refractivity contribution in [3.05, 3.63) is 86.7 Å². The molecule has 0 fully saturated rings. The Morgan fingerprint density at radius 2 is 1.77 bits per heavy atom. The normalized spacial score (nSPS) is 10.7. The summed E-state index contributed by atoms with van der Waals surface area (Å²) in [5, 5.41) is 7.72. The van der Waals surface area contributed by atoms with Gasteiger partial charge < -0.3 is 10.1 Å². The molecule has 8 heteroatoms. The Labute approximate surface area is 184 Å². The van der Waals surface area contributed by atoms with Gasteiger partial charge in [0.05, 0.1) is 12.2 Å². The van der Waals surface area contributed by atoms with Crippen LogP contribution in [0.25, 0.3) is 0 Å². The molecule has 0 aliphatic rings. The highest BCUT2D eigenvalue weighted by Crippen LogP contribution is 2.22. The lowest BCUT2D eigenvalue weighted by atomic mass is 10.1. The molecule has 0 saturated heterocycles. The van der Waals surface area contributed by atoms with Crippen LogP contribution in [0.4, 0.5) is 0 Å². The molecule has 30 heavy (non-hydrogen) atoms. The lowest BCUT2D eigenvalue weighted by molar-refractivity contribution is -0.124. The number of rotatable bonds is 7. The Morgan fingerprint density at radius 3 is 2.47 bits per heavy atom. The van der Waals surface area contributed by atoms with Crippen molar-refractivity contribution >= 4 is 35.1 Å². The number of carbonyl (C=O) groups excluding carboxylic acids is 2. The molecule has 1 aromatic heterocycles. The smallest absolute Gasteiger partial charge is 0.343 e. The van der Waals surface area contributed by atoms with Gasteiger partial charge in [0, 0.05) is 11.6 Å². The molecular formula is C22H21Cl2N3O3. The molecule has 1 heterocycles. The fraction of sp³-hybridized carbons (Fsp3) is 0.227. The van der Waals surface area contributed by atoms with Crippen molar-refractivity contribution in [2.24, 2.45) is 0 Å². The fourth-order valence-corrected chi connectivity index (χ4v) is 3.36. The van der Waals surface area contributed by atoms with E-state index in [1.807, 2.05) is 37.3 Å². The number of amides is 1. The van der Waals surface area contributed by atoms with E-state index in [1.54, 1.807) is 25.1 Å². The van der Waals surface area contributed by atoms with Crippen molar-refractivity contribution in [3.63, 3.8) is 0 Å². The van der Waals surface area contributed by atoms with Crippen LogP contribution in [0.5, 0.6) is 0 Å². The maximum Gasteiger partial charge on any atom is 0.343 e. The van der Waals surface area contributed by atoms with Gasteiger partial charge in [-0.05, 0) is 31.0 Å². The number of hydrogen-bond acceptors (Lipinski definition) is 4. The summed E-state index contributed by atoms with van der Waals surface area (Å²) in [6.07, 6.45) is 0. The van der Waals surface area contributed by atoms with Gasteiger partial charge in [-0.25, -0.2) is 9.48 Å². The van der Waals surface area contributed by atoms with Gasteiger partial charge in [-0.15, -0.1) is 0 Å². The first-order valence-corrected chi connectivity index (χ1v) is 10.1. The summed E-state index contributed by atoms with van der Waals surface area (Å²) >= 11 is 12.4. The van der Waals surface area contributed by atoms with Crippen molar-refractivity contribution in [3.8, 4) is 0 Å². The Bertz CT molecular complexity index is 1060. The zero-order valence-corrected chi connectivity index (χ0v) is 18.1. The standard InChI is InChI=1S/C22H21Cl2N3O3/c1-14-7-9-16(10-8-14)12-27-21(24)20(15(2)26-27)22(29)30-13-19(28)25-11-17-5-3-4-6-18(17)23/h3-10H,11-13H2,1-2H3,(H,25,28). The number of aryl methyl sites for hydroxylation is 2. The summed E-state index contributed by atoms with van der Waals surface area (Å²) in [5.41, 5.74) is 3.52. The Morgan fingerprint density at radius 1 is 1.07 bits per heavy atom. The minimum absolute atomic E-state index is 0.155. The van der Waals surface area contributed by atoms with Crippen molar-refractivity contribution in [2.45, 2.75) is 26.9 Å². The Balaban J connectivity index is 1.58. The number of ether oxygens (including phenoxy) is 1. The number of nitrogens with zero attached hydrogens (tertiary/aromatic N) is 2. The summed E-state index contributed by atoms with van der Waals surface area (Å²) in [6, 6.07) is 15.1. The van der Waals surface area contributed by atoms with Gasteiger partial charge in [-0.2, -0.15) is 5.10 Å². The second-order valence-corrected chi connectivity index (χ2v) is 7.60. The maximum absolute atomic E-state index is 12.5. The molecule has 6 nitrogen and oxygen atoms in total. The highest BCUT2D eigenvalue weighted by molar-refractivity contribution is 6.32. The third kappa shape index (κ3) is 5.40. The van der Waals surface area contributed by atoms with Crippen LogP contribution in [0.2, 0.25) is 10.2 Å². The molecule has 0 aliphatic carbocycles. The third-order valence-corrected chi connectivity index (χ3v) is 5.24. The van der Waals surface area contributed by atoms with E-state index in [4.69, 9.17) is 27.9 Å². The zero-order valence-electron chi connectivity index (χ0n) is 16.6. The molecule has 0 bridgehead atoms. The highest BCUT2D eigenvalue weighted by atomic mass is 35.5. The summed E-state index contributed by atoms with van der Waals surface area (Å²) in [4.78, 5) is 24.5. The largest absolute Gasteiger partial charge is 0.452 e. The summed E-state index contributed by atoms with van der Waals surface area (Å²) in [6.45, 7) is 3.91. The number of halogens is 2. The molecule has 1 N–H and O–H groups in total. The molecule has 1 amide bonds. The first kappa shape index (κ1) is 21.9. The topological polar surface area (TPSA) is 73.2 Å². The second kappa shape index (κ2) is 9.78. The molecule has 156 valence electrons. The van der Waals surface area contributed by atoms with Crippen LogP contribution in [0.15, 0.2) is 48.5 Å². The molecule has 0 spiro atoms. The first-order valence-electron chi connectivity index (χ1n) is 9.31. The summed E-state index contributed by atoms with van der Waals surface area (Å²) in [7, 11) is 0. The van der Waals surface area contributed by atoms with E-state index in [0.29, 0.717) is 17.3 Å². The average Bonchev–Trinajstić information content (AvgIpc) is 3.00. The van der Waals surface area contributed by atoms with Crippen LogP contribution in [0.1, 0.15) is 32.7 Å². The van der Waals surface area contributed by atoms with Crippen LogP contribution in [-0.2, 0) is 22.6 Å². The summed E-state index contributed by atoms with van der Waals surface area (Å²) in [5.74, 6) is -1.13. The molecule has 3 aromatic rings. The number of hydrogen-bond donors (Lipinski definition) is 1. The average molecular weight is 446 g/mol. The molecule has 3 rings (SSSR count). The highest BCUT2D eigenvalue weighted by Gasteiger charge is 2.22. The lowest BCUT2D eigenvalue weighted by Gasteiger charge is -2.08. The van der Waals surface area contributed by atoms with Gasteiger partial charge in [-0.1, -0.05) is 71.2 Å². The third-order valence-electron chi connectivity index (χ3n) is 4.49. The van der Waals surface area contributed by atoms with E-state index in [-0.39, 0.29) is 17.3 Å². The molecule has 0 saturated carbocycles. The maximum atomic E-state index is 12.5. The fourth-order valence-electron chi connectivity index (χ4n) is 2.85. The van der Waals surface area contributed by atoms with Crippen LogP contribution < -0.4 is 5.32 Å². The van der Waals surface area contributed by atoms with Gasteiger partial charge >= 0.3 is 5.97 Å².